The molecule has 0 spiro atoms. The SMILES string of the molecule is COc1cc(/C=C/c2nc3n(n2)CCCC3c2ccccc2C(F)(F)F)c(F)cc1-n1cnc(C)c1. The topological polar surface area (TPSA) is 57.8 Å². The fourth-order valence-corrected chi connectivity index (χ4v) is 4.56. The van der Waals surface area contributed by atoms with Gasteiger partial charge in [-0.1, -0.05) is 18.2 Å². The van der Waals surface area contributed by atoms with Gasteiger partial charge in [-0.05, 0) is 49.6 Å². The Kier molecular flexibility index (Phi) is 6.11. The standard InChI is InChI=1S/C26H23F4N5O/c1-16-14-34(15-31-16)22-13-21(27)17(12-23(22)36-2)9-10-24-32-25-19(7-5-11-35(25)33-24)18-6-3-4-8-20(18)26(28,29)30/h3-4,6,8-10,12-15,19H,5,7,11H2,1-2H3/b10-9+. The van der Waals surface area contributed by atoms with E-state index in [4.69, 9.17) is 4.74 Å². The second-order valence-electron chi connectivity index (χ2n) is 8.63. The van der Waals surface area contributed by atoms with E-state index in [1.807, 2.05) is 6.92 Å². The van der Waals surface area contributed by atoms with Crippen molar-refractivity contribution in [2.45, 2.75) is 38.4 Å². The summed E-state index contributed by atoms with van der Waals surface area (Å²) in [6.07, 6.45) is 3.18. The van der Waals surface area contributed by atoms with Crippen LogP contribution >= 0.6 is 0 Å². The smallest absolute Gasteiger partial charge is 0.416 e. The molecule has 10 heteroatoms. The van der Waals surface area contributed by atoms with E-state index in [1.165, 1.54) is 31.4 Å². The number of ether oxygens (including phenoxy) is 1. The Hall–Kier alpha value is -3.95. The van der Waals surface area contributed by atoms with Gasteiger partial charge in [-0.25, -0.2) is 19.0 Å². The minimum atomic E-state index is -4.46. The third-order valence-corrected chi connectivity index (χ3v) is 6.23. The molecular weight excluding hydrogens is 474 g/mol. The molecule has 0 fully saturated rings. The number of alkyl halides is 3. The van der Waals surface area contributed by atoms with Crippen molar-refractivity contribution in [3.8, 4) is 11.4 Å². The molecule has 2 aromatic heterocycles. The zero-order chi connectivity index (χ0) is 25.4. The van der Waals surface area contributed by atoms with Crippen LogP contribution in [0.2, 0.25) is 0 Å². The number of imidazole rings is 1. The number of benzene rings is 2. The van der Waals surface area contributed by atoms with Crippen molar-refractivity contribution in [3.05, 3.63) is 88.8 Å². The first-order chi connectivity index (χ1) is 17.2. The molecule has 0 bridgehead atoms. The molecule has 0 N–H and O–H groups in total. The van der Waals surface area contributed by atoms with Gasteiger partial charge in [0, 0.05) is 30.3 Å². The van der Waals surface area contributed by atoms with Crippen molar-refractivity contribution in [3.63, 3.8) is 0 Å². The van der Waals surface area contributed by atoms with Crippen LogP contribution in [0.4, 0.5) is 17.6 Å². The summed E-state index contributed by atoms with van der Waals surface area (Å²) in [5.41, 5.74) is 1.09. The molecule has 1 aliphatic rings. The molecule has 0 saturated carbocycles. The molecule has 3 heterocycles. The molecule has 6 nitrogen and oxygen atoms in total. The third kappa shape index (κ3) is 4.50. The molecule has 5 rings (SSSR count). The molecule has 0 amide bonds. The lowest BCUT2D eigenvalue weighted by Gasteiger charge is -2.25. The Bertz CT molecular complexity index is 1440. The van der Waals surface area contributed by atoms with E-state index < -0.39 is 23.5 Å². The highest BCUT2D eigenvalue weighted by Gasteiger charge is 2.37. The molecule has 0 radical (unpaired) electrons. The maximum Gasteiger partial charge on any atom is 0.416 e. The molecule has 0 saturated heterocycles. The van der Waals surface area contributed by atoms with Crippen molar-refractivity contribution in [1.82, 2.24) is 24.3 Å². The van der Waals surface area contributed by atoms with Crippen LogP contribution in [0.15, 0.2) is 48.9 Å². The number of hydrogen-bond donors (Lipinski definition) is 0. The lowest BCUT2D eigenvalue weighted by molar-refractivity contribution is -0.138. The van der Waals surface area contributed by atoms with Gasteiger partial charge in [0.1, 0.15) is 17.4 Å². The quantitative estimate of drug-likeness (QED) is 0.316. The summed E-state index contributed by atoms with van der Waals surface area (Å²) >= 11 is 0. The monoisotopic (exact) mass is 497 g/mol. The van der Waals surface area contributed by atoms with Crippen LogP contribution in [0.1, 0.15) is 52.8 Å². The lowest BCUT2D eigenvalue weighted by atomic mass is 9.88. The van der Waals surface area contributed by atoms with Crippen LogP contribution in [0.3, 0.4) is 0 Å². The van der Waals surface area contributed by atoms with E-state index in [9.17, 15) is 17.6 Å². The highest BCUT2D eigenvalue weighted by Crippen LogP contribution is 2.40. The number of aryl methyl sites for hydroxylation is 2. The summed E-state index contributed by atoms with van der Waals surface area (Å²) in [7, 11) is 1.50. The Morgan fingerprint density at radius 3 is 2.67 bits per heavy atom. The first-order valence-electron chi connectivity index (χ1n) is 11.4. The normalized spacial score (nSPS) is 15.9. The number of methoxy groups -OCH3 is 1. The van der Waals surface area contributed by atoms with E-state index in [1.54, 1.807) is 40.0 Å². The average molecular weight is 497 g/mol. The number of hydrogen-bond acceptors (Lipinski definition) is 4. The van der Waals surface area contributed by atoms with Gasteiger partial charge in [-0.3, -0.25) is 0 Å². The van der Waals surface area contributed by atoms with Crippen LogP contribution in [-0.4, -0.2) is 31.4 Å². The minimum absolute atomic E-state index is 0.190. The molecule has 1 aliphatic heterocycles. The maximum atomic E-state index is 14.9. The van der Waals surface area contributed by atoms with E-state index in [-0.39, 0.29) is 11.1 Å². The minimum Gasteiger partial charge on any atom is -0.495 e. The summed E-state index contributed by atoms with van der Waals surface area (Å²) in [6.45, 7) is 2.39. The number of fused-ring (bicyclic) bond motifs is 1. The molecule has 1 unspecified atom stereocenters. The van der Waals surface area contributed by atoms with Crippen LogP contribution < -0.4 is 4.74 Å². The van der Waals surface area contributed by atoms with Gasteiger partial charge < -0.3 is 9.30 Å². The summed E-state index contributed by atoms with van der Waals surface area (Å²) in [6, 6.07) is 8.50. The van der Waals surface area contributed by atoms with E-state index in [2.05, 4.69) is 15.1 Å². The molecular formula is C26H23F4N5O. The van der Waals surface area contributed by atoms with Crippen molar-refractivity contribution >= 4 is 12.2 Å². The molecule has 2 aromatic carbocycles. The van der Waals surface area contributed by atoms with Crippen molar-refractivity contribution < 1.29 is 22.3 Å². The Balaban J connectivity index is 1.46. The molecule has 186 valence electrons. The zero-order valence-corrected chi connectivity index (χ0v) is 19.6. The van der Waals surface area contributed by atoms with Crippen LogP contribution in [0, 0.1) is 12.7 Å². The summed E-state index contributed by atoms with van der Waals surface area (Å²) in [4.78, 5) is 8.68. The Morgan fingerprint density at radius 1 is 1.14 bits per heavy atom. The lowest BCUT2D eigenvalue weighted by Crippen LogP contribution is -2.21. The van der Waals surface area contributed by atoms with Gasteiger partial charge in [0.2, 0.25) is 0 Å². The van der Waals surface area contributed by atoms with Gasteiger partial charge in [0.25, 0.3) is 0 Å². The van der Waals surface area contributed by atoms with E-state index >= 15 is 0 Å². The van der Waals surface area contributed by atoms with E-state index in [0.29, 0.717) is 42.5 Å². The second-order valence-corrected chi connectivity index (χ2v) is 8.63. The summed E-state index contributed by atoms with van der Waals surface area (Å²) in [5, 5.41) is 4.45. The van der Waals surface area contributed by atoms with Crippen LogP contribution in [-0.2, 0) is 12.7 Å². The number of halogens is 4. The molecule has 4 aromatic rings. The average Bonchev–Trinajstić information content (AvgIpc) is 3.48. The largest absolute Gasteiger partial charge is 0.495 e. The predicted molar refractivity (Wildman–Crippen MR) is 126 cm³/mol. The maximum absolute atomic E-state index is 14.9. The Morgan fingerprint density at radius 2 is 1.94 bits per heavy atom. The van der Waals surface area contributed by atoms with Crippen molar-refractivity contribution in [2.24, 2.45) is 0 Å². The van der Waals surface area contributed by atoms with Gasteiger partial charge >= 0.3 is 6.18 Å². The summed E-state index contributed by atoms with van der Waals surface area (Å²) < 4.78 is 64.6. The van der Waals surface area contributed by atoms with Gasteiger partial charge in [-0.2, -0.15) is 18.3 Å². The number of nitrogens with zero attached hydrogens (tertiary/aromatic N) is 5. The number of aromatic nitrogens is 5. The third-order valence-electron chi connectivity index (χ3n) is 6.23. The molecule has 0 aliphatic carbocycles. The number of rotatable bonds is 5. The van der Waals surface area contributed by atoms with E-state index in [0.717, 1.165) is 11.8 Å². The summed E-state index contributed by atoms with van der Waals surface area (Å²) in [5.74, 6) is 0.222. The van der Waals surface area contributed by atoms with Crippen LogP contribution in [0.25, 0.3) is 17.8 Å². The predicted octanol–water partition coefficient (Wildman–Crippen LogP) is 6.03. The fraction of sp³-hybridized carbons (Fsp3) is 0.269. The van der Waals surface area contributed by atoms with Gasteiger partial charge in [-0.15, -0.1) is 0 Å². The van der Waals surface area contributed by atoms with Gasteiger partial charge in [0.05, 0.1) is 30.4 Å². The first-order valence-corrected chi connectivity index (χ1v) is 11.4. The second kappa shape index (κ2) is 9.25. The van der Waals surface area contributed by atoms with Crippen molar-refractivity contribution in [2.75, 3.05) is 7.11 Å². The highest BCUT2D eigenvalue weighted by molar-refractivity contribution is 5.69. The highest BCUT2D eigenvalue weighted by atomic mass is 19.4. The first kappa shape index (κ1) is 23.8. The molecule has 1 atom stereocenters. The Labute approximate surface area is 204 Å². The van der Waals surface area contributed by atoms with Crippen molar-refractivity contribution in [1.29, 1.82) is 0 Å². The van der Waals surface area contributed by atoms with Crippen LogP contribution in [0.5, 0.6) is 5.75 Å². The fourth-order valence-electron chi connectivity index (χ4n) is 4.56. The molecule has 36 heavy (non-hydrogen) atoms. The zero-order valence-electron chi connectivity index (χ0n) is 19.6. The van der Waals surface area contributed by atoms with Gasteiger partial charge in [0.15, 0.2) is 5.82 Å².